The quantitative estimate of drug-likeness (QED) is 0.312. The summed E-state index contributed by atoms with van der Waals surface area (Å²) in [5, 5.41) is 8.33. The van der Waals surface area contributed by atoms with Crippen molar-refractivity contribution in [2.45, 2.75) is 6.54 Å². The van der Waals surface area contributed by atoms with Crippen LogP contribution in [0.5, 0.6) is 0 Å². The van der Waals surface area contributed by atoms with Crippen molar-refractivity contribution < 1.29 is 0 Å². The molecule has 1 fully saturated rings. The lowest BCUT2D eigenvalue weighted by atomic mass is 10.1. The van der Waals surface area contributed by atoms with Gasteiger partial charge in [0, 0.05) is 67.3 Å². The van der Waals surface area contributed by atoms with Gasteiger partial charge in [-0.05, 0) is 37.4 Å². The summed E-state index contributed by atoms with van der Waals surface area (Å²) in [6.07, 6.45) is 6.62. The van der Waals surface area contributed by atoms with Crippen molar-refractivity contribution in [1.82, 2.24) is 34.6 Å². The Morgan fingerprint density at radius 1 is 0.925 bits per heavy atom. The smallest absolute Gasteiger partial charge is 0.278 e. The maximum absolute atomic E-state index is 13.1. The molecule has 10 heteroatoms. The molecule has 6 rings (SSSR count). The van der Waals surface area contributed by atoms with E-state index in [1.54, 1.807) is 30.7 Å². The van der Waals surface area contributed by atoms with E-state index in [1.807, 2.05) is 36.4 Å². The number of hydrogen-bond donors (Lipinski definition) is 1. The van der Waals surface area contributed by atoms with Gasteiger partial charge in [0.05, 0.1) is 11.9 Å². The normalized spacial score (nSPS) is 13.9. The number of allylic oxidation sites excluding steroid dienone is 1. The van der Waals surface area contributed by atoms with E-state index in [1.165, 1.54) is 10.4 Å². The number of aromatic nitrogens is 6. The van der Waals surface area contributed by atoms with Crippen LogP contribution in [0.2, 0.25) is 0 Å². The van der Waals surface area contributed by atoms with Crippen LogP contribution in [0.15, 0.2) is 90.6 Å². The van der Waals surface area contributed by atoms with E-state index in [-0.39, 0.29) is 12.1 Å². The van der Waals surface area contributed by atoms with E-state index in [2.05, 4.69) is 60.9 Å². The van der Waals surface area contributed by atoms with E-state index >= 15 is 0 Å². The van der Waals surface area contributed by atoms with Crippen LogP contribution in [0.1, 0.15) is 0 Å². The largest absolute Gasteiger partial charge is 0.369 e. The van der Waals surface area contributed by atoms with Crippen LogP contribution in [-0.4, -0.2) is 67.8 Å². The standard InChI is InChI=1S/C30H29N9O/c1-3-15-39-29(40)25-20-33-30(34-23-9-11-24(12-10-23)38-18-16-37(2)17-19-38)35-27(25)26(36-39)21-5-7-22(8-6-21)28-31-13-4-14-32-28/h3-14,20H,1,15-19H2,2H3,(H,33,34,35). The summed E-state index contributed by atoms with van der Waals surface area (Å²) in [5.74, 6) is 1.02. The van der Waals surface area contributed by atoms with E-state index < -0.39 is 0 Å². The molecule has 1 N–H and O–H groups in total. The van der Waals surface area contributed by atoms with Crippen LogP contribution >= 0.6 is 0 Å². The number of rotatable bonds is 7. The summed E-state index contributed by atoms with van der Waals surface area (Å²) in [6.45, 7) is 8.17. The lowest BCUT2D eigenvalue weighted by molar-refractivity contribution is 0.313. The molecule has 0 atom stereocenters. The minimum absolute atomic E-state index is 0.268. The molecule has 0 amide bonds. The topological polar surface area (TPSA) is 105 Å². The van der Waals surface area contributed by atoms with Crippen molar-refractivity contribution in [3.63, 3.8) is 0 Å². The second kappa shape index (κ2) is 11.0. The summed E-state index contributed by atoms with van der Waals surface area (Å²) >= 11 is 0. The third-order valence-electron chi connectivity index (χ3n) is 6.97. The summed E-state index contributed by atoms with van der Waals surface area (Å²) in [5.41, 5.74) is 4.52. The van der Waals surface area contributed by atoms with Crippen molar-refractivity contribution in [3.8, 4) is 22.6 Å². The molecule has 2 aromatic carbocycles. The Hall–Kier alpha value is -4.96. The third kappa shape index (κ3) is 5.16. The Kier molecular flexibility index (Phi) is 6.98. The first-order chi connectivity index (χ1) is 19.6. The molecule has 5 aromatic rings. The van der Waals surface area contributed by atoms with Gasteiger partial charge in [-0.25, -0.2) is 24.6 Å². The lowest BCUT2D eigenvalue weighted by Gasteiger charge is -2.34. The van der Waals surface area contributed by atoms with E-state index in [4.69, 9.17) is 4.98 Å². The Balaban J connectivity index is 1.33. The van der Waals surface area contributed by atoms with Gasteiger partial charge in [-0.2, -0.15) is 5.10 Å². The van der Waals surface area contributed by atoms with Crippen LogP contribution in [0.4, 0.5) is 17.3 Å². The van der Waals surface area contributed by atoms with Gasteiger partial charge in [0.1, 0.15) is 11.2 Å². The van der Waals surface area contributed by atoms with E-state index in [9.17, 15) is 4.79 Å². The minimum atomic E-state index is -0.268. The van der Waals surface area contributed by atoms with Crippen molar-refractivity contribution in [1.29, 1.82) is 0 Å². The molecule has 10 nitrogen and oxygen atoms in total. The van der Waals surface area contributed by atoms with Crippen molar-refractivity contribution in [3.05, 3.63) is 96.2 Å². The molecule has 40 heavy (non-hydrogen) atoms. The molecule has 0 aliphatic carbocycles. The molecule has 0 radical (unpaired) electrons. The van der Waals surface area contributed by atoms with E-state index in [0.29, 0.717) is 28.4 Å². The number of piperazine rings is 1. The Morgan fingerprint density at radius 3 is 2.33 bits per heavy atom. The van der Waals surface area contributed by atoms with Crippen LogP contribution in [0.3, 0.4) is 0 Å². The van der Waals surface area contributed by atoms with Gasteiger partial charge in [0.15, 0.2) is 5.82 Å². The fraction of sp³-hybridized carbons (Fsp3) is 0.200. The number of hydrogen-bond acceptors (Lipinski definition) is 9. The number of benzene rings is 2. The average Bonchev–Trinajstić information content (AvgIpc) is 3.00. The number of fused-ring (bicyclic) bond motifs is 1. The fourth-order valence-electron chi connectivity index (χ4n) is 4.75. The molecule has 0 bridgehead atoms. The highest BCUT2D eigenvalue weighted by Crippen LogP contribution is 2.27. The van der Waals surface area contributed by atoms with Crippen molar-refractivity contribution >= 4 is 28.2 Å². The molecular formula is C30H29N9O. The summed E-state index contributed by atoms with van der Waals surface area (Å²) in [4.78, 5) is 35.7. The molecule has 3 aromatic heterocycles. The fourth-order valence-corrected chi connectivity index (χ4v) is 4.75. The summed E-state index contributed by atoms with van der Waals surface area (Å²) in [7, 11) is 2.15. The van der Waals surface area contributed by atoms with Gasteiger partial charge < -0.3 is 15.1 Å². The number of nitrogens with one attached hydrogen (secondary N) is 1. The molecule has 0 unspecified atom stereocenters. The van der Waals surface area contributed by atoms with Gasteiger partial charge in [-0.1, -0.05) is 30.3 Å². The number of nitrogens with zero attached hydrogens (tertiary/aromatic N) is 8. The van der Waals surface area contributed by atoms with Crippen molar-refractivity contribution in [2.24, 2.45) is 0 Å². The first-order valence-corrected chi connectivity index (χ1v) is 13.2. The molecular weight excluding hydrogens is 502 g/mol. The van der Waals surface area contributed by atoms with Gasteiger partial charge in [-0.15, -0.1) is 6.58 Å². The lowest BCUT2D eigenvalue weighted by Crippen LogP contribution is -2.44. The first-order valence-electron chi connectivity index (χ1n) is 13.2. The highest BCUT2D eigenvalue weighted by atomic mass is 16.1. The number of likely N-dealkylation sites (N-methyl/N-ethyl adjacent to an activating group) is 1. The van der Waals surface area contributed by atoms with Crippen molar-refractivity contribution in [2.75, 3.05) is 43.4 Å². The van der Waals surface area contributed by atoms with Gasteiger partial charge in [-0.3, -0.25) is 4.79 Å². The molecule has 1 aliphatic heterocycles. The third-order valence-corrected chi connectivity index (χ3v) is 6.97. The molecule has 4 heterocycles. The van der Waals surface area contributed by atoms with Crippen LogP contribution in [-0.2, 0) is 6.54 Å². The SMILES string of the molecule is C=CCn1nc(-c2ccc(-c3ncccn3)cc2)c2nc(Nc3ccc(N4CCN(C)CC4)cc3)ncc2c1=O. The maximum atomic E-state index is 13.1. The zero-order valence-corrected chi connectivity index (χ0v) is 22.2. The maximum Gasteiger partial charge on any atom is 0.278 e. The number of anilines is 3. The Morgan fingerprint density at radius 2 is 1.62 bits per heavy atom. The van der Waals surface area contributed by atoms with Crippen LogP contribution < -0.4 is 15.8 Å². The zero-order valence-electron chi connectivity index (χ0n) is 22.2. The van der Waals surface area contributed by atoms with Crippen LogP contribution in [0, 0.1) is 0 Å². The van der Waals surface area contributed by atoms with Gasteiger partial charge >= 0.3 is 0 Å². The van der Waals surface area contributed by atoms with Crippen LogP contribution in [0.25, 0.3) is 33.5 Å². The second-order valence-corrected chi connectivity index (χ2v) is 9.69. The predicted molar refractivity (Wildman–Crippen MR) is 158 cm³/mol. The molecule has 1 saturated heterocycles. The Labute approximate surface area is 231 Å². The monoisotopic (exact) mass is 531 g/mol. The summed E-state index contributed by atoms with van der Waals surface area (Å²) < 4.78 is 1.38. The second-order valence-electron chi connectivity index (χ2n) is 9.69. The Bertz CT molecular complexity index is 1690. The summed E-state index contributed by atoms with van der Waals surface area (Å²) in [6, 6.07) is 17.8. The average molecular weight is 532 g/mol. The predicted octanol–water partition coefficient (Wildman–Crippen LogP) is 3.99. The highest BCUT2D eigenvalue weighted by Gasteiger charge is 2.17. The molecule has 1 aliphatic rings. The van der Waals surface area contributed by atoms with Gasteiger partial charge in [0.25, 0.3) is 5.56 Å². The highest BCUT2D eigenvalue weighted by molar-refractivity contribution is 5.91. The zero-order chi connectivity index (χ0) is 27.5. The molecule has 0 saturated carbocycles. The first kappa shape index (κ1) is 25.3. The van der Waals surface area contributed by atoms with Gasteiger partial charge in [0.2, 0.25) is 5.95 Å². The minimum Gasteiger partial charge on any atom is -0.369 e. The molecule has 0 spiro atoms. The van der Waals surface area contributed by atoms with E-state index in [0.717, 1.165) is 43.0 Å². The molecule has 200 valence electrons.